The first-order valence-corrected chi connectivity index (χ1v) is 8.37. The van der Waals surface area contributed by atoms with Crippen molar-refractivity contribution < 1.29 is 9.53 Å². The number of hydrogen-bond acceptors (Lipinski definition) is 4. The van der Waals surface area contributed by atoms with Crippen LogP contribution < -0.4 is 4.90 Å². The van der Waals surface area contributed by atoms with Crippen molar-refractivity contribution in [1.82, 2.24) is 9.88 Å². The van der Waals surface area contributed by atoms with E-state index in [1.165, 1.54) is 5.56 Å². The van der Waals surface area contributed by atoms with Gasteiger partial charge in [-0.1, -0.05) is 6.07 Å². The number of nitrogens with zero attached hydrogens (tertiary/aromatic N) is 3. The molecule has 1 aliphatic rings. The van der Waals surface area contributed by atoms with E-state index in [2.05, 4.69) is 37.9 Å². The molecule has 23 heavy (non-hydrogen) atoms. The molecule has 2 heterocycles. The maximum Gasteiger partial charge on any atom is 0.410 e. The highest BCUT2D eigenvalue weighted by atomic mass is 16.6. The van der Waals surface area contributed by atoms with Crippen molar-refractivity contribution in [1.29, 1.82) is 0 Å². The van der Waals surface area contributed by atoms with Crippen molar-refractivity contribution in [2.45, 2.75) is 59.1 Å². The summed E-state index contributed by atoms with van der Waals surface area (Å²) in [7, 11) is 2.06. The van der Waals surface area contributed by atoms with E-state index in [9.17, 15) is 4.79 Å². The Labute approximate surface area is 139 Å². The fraction of sp³-hybridized carbons (Fsp3) is 0.667. The van der Waals surface area contributed by atoms with Crippen LogP contribution in [0.25, 0.3) is 0 Å². The highest BCUT2D eigenvalue weighted by Gasteiger charge is 2.24. The normalized spacial score (nSPS) is 15.2. The number of amides is 1. The van der Waals surface area contributed by atoms with Crippen molar-refractivity contribution in [3.63, 3.8) is 0 Å². The van der Waals surface area contributed by atoms with Crippen LogP contribution in [0.3, 0.4) is 0 Å². The minimum atomic E-state index is -0.457. The van der Waals surface area contributed by atoms with E-state index in [1.54, 1.807) is 4.90 Å². The molecule has 0 unspecified atom stereocenters. The first-order valence-electron chi connectivity index (χ1n) is 8.37. The zero-order chi connectivity index (χ0) is 17.2. The number of aromatic nitrogens is 1. The molecule has 5 nitrogen and oxygen atoms in total. The lowest BCUT2D eigenvalue weighted by Gasteiger charge is -2.26. The van der Waals surface area contributed by atoms with Crippen molar-refractivity contribution in [3.8, 4) is 0 Å². The molecule has 1 amide bonds. The van der Waals surface area contributed by atoms with Crippen molar-refractivity contribution in [2.75, 3.05) is 25.0 Å². The summed E-state index contributed by atoms with van der Waals surface area (Å²) in [6, 6.07) is 4.63. The van der Waals surface area contributed by atoms with Crippen LogP contribution in [-0.4, -0.2) is 47.8 Å². The number of rotatable bonds is 2. The molecule has 1 aromatic rings. The third-order valence-corrected chi connectivity index (χ3v) is 4.11. The van der Waals surface area contributed by atoms with Gasteiger partial charge in [0.25, 0.3) is 0 Å². The zero-order valence-corrected chi connectivity index (χ0v) is 15.2. The smallest absolute Gasteiger partial charge is 0.410 e. The van der Waals surface area contributed by atoms with Gasteiger partial charge in [-0.2, -0.15) is 0 Å². The average Bonchev–Trinajstić information content (AvgIpc) is 2.66. The second-order valence-electron chi connectivity index (χ2n) is 7.45. The Morgan fingerprint density at radius 3 is 2.52 bits per heavy atom. The summed E-state index contributed by atoms with van der Waals surface area (Å²) < 4.78 is 5.48. The predicted molar refractivity (Wildman–Crippen MR) is 93.0 cm³/mol. The molecule has 0 saturated carbocycles. The summed E-state index contributed by atoms with van der Waals surface area (Å²) in [6.07, 6.45) is 1.37. The first kappa shape index (κ1) is 17.6. The molecule has 0 atom stereocenters. The monoisotopic (exact) mass is 319 g/mol. The number of pyridine rings is 1. The molecule has 0 aliphatic carbocycles. The minimum Gasteiger partial charge on any atom is -0.444 e. The lowest BCUT2D eigenvalue weighted by Crippen LogP contribution is -2.38. The summed E-state index contributed by atoms with van der Waals surface area (Å²) in [6.45, 7) is 11.3. The molecule has 5 heteroatoms. The SMILES string of the molecule is CC(C)N(C)c1ccc2c(n1)CCN(C(=O)OC(C)(C)C)CC2. The Hall–Kier alpha value is -1.78. The summed E-state index contributed by atoms with van der Waals surface area (Å²) in [5.41, 5.74) is 1.87. The molecule has 2 rings (SSSR count). The average molecular weight is 319 g/mol. The summed E-state index contributed by atoms with van der Waals surface area (Å²) in [5, 5.41) is 0. The minimum absolute atomic E-state index is 0.232. The van der Waals surface area contributed by atoms with E-state index in [-0.39, 0.29) is 6.09 Å². The Balaban J connectivity index is 2.10. The first-order chi connectivity index (χ1) is 10.7. The van der Waals surface area contributed by atoms with E-state index in [0.29, 0.717) is 19.1 Å². The molecule has 128 valence electrons. The number of fused-ring (bicyclic) bond motifs is 1. The van der Waals surface area contributed by atoms with Gasteiger partial charge in [0.15, 0.2) is 0 Å². The third-order valence-electron chi connectivity index (χ3n) is 4.11. The third kappa shape index (κ3) is 4.60. The quantitative estimate of drug-likeness (QED) is 0.839. The molecule has 0 aromatic carbocycles. The van der Waals surface area contributed by atoms with E-state index >= 15 is 0 Å². The number of carbonyl (C=O) groups excluding carboxylic acids is 1. The van der Waals surface area contributed by atoms with Gasteiger partial charge in [-0.05, 0) is 52.7 Å². The molecular formula is C18H29N3O2. The summed E-state index contributed by atoms with van der Waals surface area (Å²) in [4.78, 5) is 21.0. The number of ether oxygens (including phenoxy) is 1. The van der Waals surface area contributed by atoms with E-state index in [4.69, 9.17) is 9.72 Å². The van der Waals surface area contributed by atoms with Gasteiger partial charge in [0.1, 0.15) is 11.4 Å². The molecule has 0 radical (unpaired) electrons. The number of hydrogen-bond donors (Lipinski definition) is 0. The molecular weight excluding hydrogens is 290 g/mol. The second kappa shape index (κ2) is 6.77. The van der Waals surface area contributed by atoms with Crippen LogP contribution in [-0.2, 0) is 17.6 Å². The van der Waals surface area contributed by atoms with Crippen LogP contribution in [0.4, 0.5) is 10.6 Å². The topological polar surface area (TPSA) is 45.7 Å². The highest BCUT2D eigenvalue weighted by molar-refractivity contribution is 5.68. The number of anilines is 1. The lowest BCUT2D eigenvalue weighted by molar-refractivity contribution is 0.0258. The van der Waals surface area contributed by atoms with Gasteiger partial charge in [-0.3, -0.25) is 0 Å². The lowest BCUT2D eigenvalue weighted by atomic mass is 10.1. The van der Waals surface area contributed by atoms with E-state index in [0.717, 1.165) is 24.4 Å². The molecule has 1 aromatic heterocycles. The summed E-state index contributed by atoms with van der Waals surface area (Å²) in [5.74, 6) is 0.990. The van der Waals surface area contributed by atoms with Crippen LogP contribution in [0.15, 0.2) is 12.1 Å². The summed E-state index contributed by atoms with van der Waals surface area (Å²) >= 11 is 0. The van der Waals surface area contributed by atoms with Gasteiger partial charge in [0.2, 0.25) is 0 Å². The van der Waals surface area contributed by atoms with Gasteiger partial charge >= 0.3 is 6.09 Å². The van der Waals surface area contributed by atoms with Crippen LogP contribution in [0, 0.1) is 0 Å². The zero-order valence-electron chi connectivity index (χ0n) is 15.2. The van der Waals surface area contributed by atoms with Crippen LogP contribution in [0.5, 0.6) is 0 Å². The van der Waals surface area contributed by atoms with Gasteiger partial charge in [0.05, 0.1) is 0 Å². The van der Waals surface area contributed by atoms with Crippen molar-refractivity contribution in [2.24, 2.45) is 0 Å². The van der Waals surface area contributed by atoms with Gasteiger partial charge in [-0.15, -0.1) is 0 Å². The van der Waals surface area contributed by atoms with Crippen LogP contribution in [0.2, 0.25) is 0 Å². The van der Waals surface area contributed by atoms with Gasteiger partial charge in [-0.25, -0.2) is 9.78 Å². The Morgan fingerprint density at radius 2 is 1.91 bits per heavy atom. The van der Waals surface area contributed by atoms with Crippen LogP contribution >= 0.6 is 0 Å². The second-order valence-corrected chi connectivity index (χ2v) is 7.45. The Kier molecular flexibility index (Phi) is 5.17. The number of carbonyl (C=O) groups is 1. The fourth-order valence-electron chi connectivity index (χ4n) is 2.54. The Morgan fingerprint density at radius 1 is 1.26 bits per heavy atom. The highest BCUT2D eigenvalue weighted by Crippen LogP contribution is 2.21. The van der Waals surface area contributed by atoms with Crippen LogP contribution in [0.1, 0.15) is 45.9 Å². The van der Waals surface area contributed by atoms with E-state index in [1.807, 2.05) is 20.8 Å². The standard InChI is InChI=1S/C18H29N3O2/c1-13(2)20(6)16-8-7-14-9-11-21(12-10-15(14)19-16)17(22)23-18(3,4)5/h7-8,13H,9-12H2,1-6H3. The molecule has 0 saturated heterocycles. The molecule has 0 N–H and O–H groups in total. The van der Waals surface area contributed by atoms with Gasteiger partial charge in [0, 0.05) is 38.3 Å². The van der Waals surface area contributed by atoms with E-state index < -0.39 is 5.60 Å². The molecule has 0 bridgehead atoms. The predicted octanol–water partition coefficient (Wildman–Crippen LogP) is 3.26. The molecule has 0 fully saturated rings. The fourth-order valence-corrected chi connectivity index (χ4v) is 2.54. The Bertz CT molecular complexity index is 564. The largest absolute Gasteiger partial charge is 0.444 e. The maximum atomic E-state index is 12.3. The van der Waals surface area contributed by atoms with Crippen molar-refractivity contribution >= 4 is 11.9 Å². The maximum absolute atomic E-state index is 12.3. The molecule has 0 spiro atoms. The molecule has 1 aliphatic heterocycles. The van der Waals surface area contributed by atoms with Crippen molar-refractivity contribution in [3.05, 3.63) is 23.4 Å². The van der Waals surface area contributed by atoms with Gasteiger partial charge < -0.3 is 14.5 Å².